The minimum absolute atomic E-state index is 1.29. The van der Waals surface area contributed by atoms with E-state index >= 15 is 0 Å². The van der Waals surface area contributed by atoms with Crippen molar-refractivity contribution < 1.29 is 0 Å². The molecule has 1 aromatic rings. The van der Waals surface area contributed by atoms with Gasteiger partial charge < -0.3 is 0 Å². The van der Waals surface area contributed by atoms with Gasteiger partial charge in [0.15, 0.2) is 0 Å². The first-order valence-electron chi connectivity index (χ1n) is 4.64. The minimum atomic E-state index is 1.29. The molecule has 0 aromatic heterocycles. The zero-order chi connectivity index (χ0) is 9.68. The van der Waals surface area contributed by atoms with E-state index in [0.29, 0.717) is 0 Å². The van der Waals surface area contributed by atoms with Gasteiger partial charge in [0.1, 0.15) is 0 Å². The highest BCUT2D eigenvalue weighted by atomic mass is 14.0. The van der Waals surface area contributed by atoms with Crippen molar-refractivity contribution in [3.8, 4) is 0 Å². The molecule has 0 unspecified atom stereocenters. The van der Waals surface area contributed by atoms with Crippen molar-refractivity contribution in [2.45, 2.75) is 20.8 Å². The molecule has 0 fully saturated rings. The fourth-order valence-corrected chi connectivity index (χ4v) is 1.40. The van der Waals surface area contributed by atoms with Crippen molar-refractivity contribution in [1.29, 1.82) is 0 Å². The SMILES string of the molecule is CC=C(C)C(=CC)c1ccccc1. The van der Waals surface area contributed by atoms with Gasteiger partial charge in [0, 0.05) is 0 Å². The molecule has 0 atom stereocenters. The van der Waals surface area contributed by atoms with Crippen LogP contribution in [-0.2, 0) is 0 Å². The fourth-order valence-electron chi connectivity index (χ4n) is 1.40. The average molecular weight is 172 g/mol. The van der Waals surface area contributed by atoms with Crippen molar-refractivity contribution >= 4 is 5.57 Å². The van der Waals surface area contributed by atoms with Gasteiger partial charge >= 0.3 is 0 Å². The predicted octanol–water partition coefficient (Wildman–Crippen LogP) is 4.06. The molecule has 0 nitrogen and oxygen atoms in total. The normalized spacial score (nSPS) is 13.2. The van der Waals surface area contributed by atoms with Crippen molar-refractivity contribution in [2.24, 2.45) is 0 Å². The maximum Gasteiger partial charge on any atom is -0.0185 e. The molecular weight excluding hydrogens is 156 g/mol. The number of benzene rings is 1. The van der Waals surface area contributed by atoms with Gasteiger partial charge in [0.25, 0.3) is 0 Å². The molecule has 0 saturated heterocycles. The largest absolute Gasteiger partial charge is 0.0841 e. The first kappa shape index (κ1) is 9.79. The molecule has 1 aromatic carbocycles. The average Bonchev–Trinajstić information content (AvgIpc) is 2.20. The third-order valence-electron chi connectivity index (χ3n) is 2.23. The molecule has 0 bridgehead atoms. The Kier molecular flexibility index (Phi) is 3.51. The first-order chi connectivity index (χ1) is 6.29. The summed E-state index contributed by atoms with van der Waals surface area (Å²) in [6.45, 7) is 6.29. The molecule has 0 radical (unpaired) electrons. The van der Waals surface area contributed by atoms with Crippen LogP contribution in [0.3, 0.4) is 0 Å². The Hall–Kier alpha value is -1.30. The molecule has 68 valence electrons. The number of rotatable bonds is 2. The Bertz CT molecular complexity index is 315. The number of hydrogen-bond acceptors (Lipinski definition) is 0. The molecule has 0 heteroatoms. The van der Waals surface area contributed by atoms with Gasteiger partial charge in [0.05, 0.1) is 0 Å². The summed E-state index contributed by atoms with van der Waals surface area (Å²) >= 11 is 0. The van der Waals surface area contributed by atoms with Crippen LogP contribution in [0.2, 0.25) is 0 Å². The quantitative estimate of drug-likeness (QED) is 0.590. The second kappa shape index (κ2) is 4.66. The summed E-state index contributed by atoms with van der Waals surface area (Å²) in [4.78, 5) is 0. The van der Waals surface area contributed by atoms with E-state index in [1.165, 1.54) is 16.7 Å². The van der Waals surface area contributed by atoms with E-state index < -0.39 is 0 Å². The van der Waals surface area contributed by atoms with Gasteiger partial charge in [0.2, 0.25) is 0 Å². The number of hydrogen-bond donors (Lipinski definition) is 0. The van der Waals surface area contributed by atoms with E-state index in [1.807, 2.05) is 6.07 Å². The molecule has 0 saturated carbocycles. The lowest BCUT2D eigenvalue weighted by molar-refractivity contribution is 1.45. The molecule has 0 N–H and O–H groups in total. The third-order valence-corrected chi connectivity index (χ3v) is 2.23. The Morgan fingerprint density at radius 1 is 1.00 bits per heavy atom. The maximum atomic E-state index is 2.16. The van der Waals surface area contributed by atoms with E-state index in [9.17, 15) is 0 Å². The third kappa shape index (κ3) is 2.32. The Labute approximate surface area is 80.6 Å². The zero-order valence-corrected chi connectivity index (χ0v) is 8.54. The van der Waals surface area contributed by atoms with Gasteiger partial charge in [-0.15, -0.1) is 0 Å². The predicted molar refractivity (Wildman–Crippen MR) is 59.5 cm³/mol. The van der Waals surface area contributed by atoms with Crippen LogP contribution < -0.4 is 0 Å². The highest BCUT2D eigenvalue weighted by Crippen LogP contribution is 2.21. The van der Waals surface area contributed by atoms with E-state index in [4.69, 9.17) is 0 Å². The molecule has 0 aliphatic rings. The van der Waals surface area contributed by atoms with Crippen LogP contribution >= 0.6 is 0 Å². The van der Waals surface area contributed by atoms with Crippen molar-refractivity contribution in [1.82, 2.24) is 0 Å². The molecule has 0 aliphatic heterocycles. The fraction of sp³-hybridized carbons (Fsp3) is 0.231. The van der Waals surface area contributed by atoms with Crippen LogP contribution in [0.15, 0.2) is 48.1 Å². The Morgan fingerprint density at radius 3 is 2.08 bits per heavy atom. The van der Waals surface area contributed by atoms with Gasteiger partial charge in [-0.05, 0) is 37.5 Å². The van der Waals surface area contributed by atoms with Crippen molar-refractivity contribution in [3.05, 3.63) is 53.6 Å². The number of allylic oxidation sites excluding steroid dienone is 4. The summed E-state index contributed by atoms with van der Waals surface area (Å²) in [6, 6.07) is 10.5. The monoisotopic (exact) mass is 172 g/mol. The molecule has 1 rings (SSSR count). The van der Waals surface area contributed by atoms with E-state index in [2.05, 4.69) is 57.2 Å². The van der Waals surface area contributed by atoms with Crippen molar-refractivity contribution in [3.63, 3.8) is 0 Å². The summed E-state index contributed by atoms with van der Waals surface area (Å²) in [5, 5.41) is 0. The molecule has 0 aliphatic carbocycles. The van der Waals surface area contributed by atoms with Gasteiger partial charge in [-0.3, -0.25) is 0 Å². The van der Waals surface area contributed by atoms with Crippen LogP contribution in [0.25, 0.3) is 5.57 Å². The van der Waals surface area contributed by atoms with E-state index in [-0.39, 0.29) is 0 Å². The summed E-state index contributed by atoms with van der Waals surface area (Å²) in [6.07, 6.45) is 4.30. The van der Waals surface area contributed by atoms with Gasteiger partial charge in [-0.2, -0.15) is 0 Å². The summed E-state index contributed by atoms with van der Waals surface area (Å²) < 4.78 is 0. The highest BCUT2D eigenvalue weighted by molar-refractivity contribution is 5.77. The van der Waals surface area contributed by atoms with Crippen LogP contribution in [0.5, 0.6) is 0 Å². The van der Waals surface area contributed by atoms with Crippen LogP contribution in [0, 0.1) is 0 Å². The Morgan fingerprint density at radius 2 is 1.62 bits per heavy atom. The second-order valence-electron chi connectivity index (χ2n) is 3.04. The first-order valence-corrected chi connectivity index (χ1v) is 4.64. The van der Waals surface area contributed by atoms with E-state index in [1.54, 1.807) is 0 Å². The molecular formula is C13H16. The smallest absolute Gasteiger partial charge is 0.0185 e. The highest BCUT2D eigenvalue weighted by Gasteiger charge is 1.99. The Balaban J connectivity index is 3.07. The van der Waals surface area contributed by atoms with Gasteiger partial charge in [-0.1, -0.05) is 42.5 Å². The van der Waals surface area contributed by atoms with Gasteiger partial charge in [-0.25, -0.2) is 0 Å². The molecule has 0 spiro atoms. The lowest BCUT2D eigenvalue weighted by atomic mass is 9.99. The molecule has 0 amide bonds. The minimum Gasteiger partial charge on any atom is -0.0841 e. The summed E-state index contributed by atoms with van der Waals surface area (Å²) in [5.74, 6) is 0. The second-order valence-corrected chi connectivity index (χ2v) is 3.04. The molecule has 0 heterocycles. The zero-order valence-electron chi connectivity index (χ0n) is 8.54. The van der Waals surface area contributed by atoms with Crippen LogP contribution in [0.4, 0.5) is 0 Å². The van der Waals surface area contributed by atoms with Crippen molar-refractivity contribution in [2.75, 3.05) is 0 Å². The van der Waals surface area contributed by atoms with E-state index in [0.717, 1.165) is 0 Å². The standard InChI is InChI=1S/C13H16/c1-4-11(3)13(5-2)12-9-7-6-8-10-12/h4-10H,1-3H3. The van der Waals surface area contributed by atoms with Crippen LogP contribution in [0.1, 0.15) is 26.3 Å². The molecule has 13 heavy (non-hydrogen) atoms. The lowest BCUT2D eigenvalue weighted by Gasteiger charge is -2.06. The summed E-state index contributed by atoms with van der Waals surface area (Å²) in [7, 11) is 0. The van der Waals surface area contributed by atoms with Crippen LogP contribution in [-0.4, -0.2) is 0 Å². The summed E-state index contributed by atoms with van der Waals surface area (Å²) in [5.41, 5.74) is 3.94. The lowest BCUT2D eigenvalue weighted by Crippen LogP contribution is -1.84. The topological polar surface area (TPSA) is 0 Å². The maximum absolute atomic E-state index is 2.16.